The van der Waals surface area contributed by atoms with Gasteiger partial charge in [0.25, 0.3) is 0 Å². The zero-order chi connectivity index (χ0) is 23.0. The Labute approximate surface area is 208 Å². The number of hydrogen-bond acceptors (Lipinski definition) is 3. The van der Waals surface area contributed by atoms with E-state index in [9.17, 15) is 0 Å². The van der Waals surface area contributed by atoms with E-state index >= 15 is 0 Å². The zero-order valence-electron chi connectivity index (χ0n) is 22.1. The molecule has 0 saturated carbocycles. The molecule has 0 aromatic carbocycles. The molecule has 0 aromatic rings. The maximum Gasteiger partial charge on any atom is 0.500 e. The van der Waals surface area contributed by atoms with Crippen LogP contribution in [0.3, 0.4) is 0 Å². The van der Waals surface area contributed by atoms with Crippen LogP contribution in [0, 0.1) is 5.92 Å². The van der Waals surface area contributed by atoms with E-state index in [0.717, 1.165) is 24.9 Å². The van der Waals surface area contributed by atoms with Crippen molar-refractivity contribution in [3.8, 4) is 0 Å². The fraction of sp³-hybridized carbons (Fsp3) is 0.923. The number of rotatable bonds is 24. The minimum atomic E-state index is -2.36. The summed E-state index contributed by atoms with van der Waals surface area (Å²) in [4.78, 5) is 0. The van der Waals surface area contributed by atoms with Crippen molar-refractivity contribution in [2.24, 2.45) is 5.92 Å². The summed E-state index contributed by atoms with van der Waals surface area (Å²) in [7, 11) is 2.71. The van der Waals surface area contributed by atoms with Gasteiger partial charge in [0.1, 0.15) is 0 Å². The van der Waals surface area contributed by atoms with Gasteiger partial charge in [-0.15, -0.1) is 0 Å². The van der Waals surface area contributed by atoms with Gasteiger partial charge in [0, 0.05) is 33.8 Å². The third-order valence-corrected chi connectivity index (χ3v) is 9.00. The van der Waals surface area contributed by atoms with Gasteiger partial charge in [-0.3, -0.25) is 0 Å². The Hall–Kier alpha value is 0.0869. The molecule has 6 heteroatoms. The van der Waals surface area contributed by atoms with Crippen molar-refractivity contribution in [3.05, 3.63) is 12.2 Å². The number of nitrogens with two attached hydrogens (primary N) is 1. The molecule has 0 spiro atoms. The maximum atomic E-state index is 5.46. The van der Waals surface area contributed by atoms with Gasteiger partial charge in [0.15, 0.2) is 0 Å². The Morgan fingerprint density at radius 1 is 0.625 bits per heavy atom. The van der Waals surface area contributed by atoms with Crippen LogP contribution in [0.15, 0.2) is 12.2 Å². The highest BCUT2D eigenvalue weighted by atomic mass is 35.5. The summed E-state index contributed by atoms with van der Waals surface area (Å²) in [6.45, 7) is 7.03. The number of hydrogen-bond donors (Lipinski definition) is 1. The van der Waals surface area contributed by atoms with Crippen LogP contribution < -0.4 is 17.7 Å². The van der Waals surface area contributed by atoms with Crippen molar-refractivity contribution in [1.82, 2.24) is 0 Å². The van der Waals surface area contributed by atoms with Crippen LogP contribution in [0.1, 0.15) is 110 Å². The van der Waals surface area contributed by atoms with Crippen molar-refractivity contribution in [2.45, 2.75) is 116 Å². The topological polar surface area (TPSA) is 44.3 Å². The van der Waals surface area contributed by atoms with Crippen LogP contribution >= 0.6 is 0 Å². The molecule has 0 saturated heterocycles. The fourth-order valence-electron chi connectivity index (χ4n) is 4.00. The molecule has 0 rings (SSSR count). The van der Waals surface area contributed by atoms with E-state index in [1.165, 1.54) is 96.4 Å². The molecule has 194 valence electrons. The van der Waals surface area contributed by atoms with Gasteiger partial charge < -0.3 is 31.0 Å². The zero-order valence-corrected chi connectivity index (χ0v) is 23.9. The largest absolute Gasteiger partial charge is 1.00 e. The minimum absolute atomic E-state index is 0. The van der Waals surface area contributed by atoms with Crippen molar-refractivity contribution in [3.63, 3.8) is 0 Å². The first-order valence-corrected chi connectivity index (χ1v) is 15.2. The molecule has 0 aromatic heterocycles. The number of allylic oxidation sites excluding steroid dienone is 2. The molecule has 0 aliphatic rings. The maximum absolute atomic E-state index is 5.46. The second-order valence-electron chi connectivity index (χ2n) is 9.39. The first-order valence-electron chi connectivity index (χ1n) is 13.2. The molecule has 0 amide bonds. The summed E-state index contributed by atoms with van der Waals surface area (Å²) < 4.78 is 16.4. The number of unbranched alkanes of at least 4 members (excludes halogenated alkanes) is 11. The standard InChI is InChI=1S/C26H55NO3Si.ClH/c1-26(2)22-19-17-15-13-11-9-7-6-8-10-12-14-16-18-20-23-27-24-21-25-31(28-3,29-4)30-5;/h6-7,26-27H,8-25H2,1-5H3;1H/b7-6-;. The third-order valence-electron chi connectivity index (χ3n) is 6.17. The van der Waals surface area contributed by atoms with Gasteiger partial charge in [-0.2, -0.15) is 0 Å². The van der Waals surface area contributed by atoms with E-state index in [1.54, 1.807) is 21.3 Å². The molecule has 2 N–H and O–H groups in total. The van der Waals surface area contributed by atoms with Crippen molar-refractivity contribution < 1.29 is 31.0 Å². The van der Waals surface area contributed by atoms with Crippen LogP contribution in [0.25, 0.3) is 0 Å². The first-order chi connectivity index (χ1) is 15.1. The molecule has 0 aliphatic carbocycles. The van der Waals surface area contributed by atoms with E-state index in [-0.39, 0.29) is 12.4 Å². The van der Waals surface area contributed by atoms with Crippen LogP contribution in [0.2, 0.25) is 6.04 Å². The first kappa shape index (κ1) is 34.3. The summed E-state index contributed by atoms with van der Waals surface area (Å²) >= 11 is 0. The molecule has 0 radical (unpaired) electrons. The predicted molar refractivity (Wildman–Crippen MR) is 136 cm³/mol. The van der Waals surface area contributed by atoms with Crippen LogP contribution in [0.5, 0.6) is 0 Å². The lowest BCUT2D eigenvalue weighted by Crippen LogP contribution is -3.00. The third kappa shape index (κ3) is 21.9. The molecule has 0 aliphatic heterocycles. The summed E-state index contributed by atoms with van der Waals surface area (Å²) in [6.07, 6.45) is 25.2. The van der Waals surface area contributed by atoms with Crippen molar-refractivity contribution in [2.75, 3.05) is 34.4 Å². The smallest absolute Gasteiger partial charge is 0.500 e. The summed E-state index contributed by atoms with van der Waals surface area (Å²) in [5.41, 5.74) is 0. The van der Waals surface area contributed by atoms with Gasteiger partial charge in [0.05, 0.1) is 13.1 Å². The number of quaternary nitrogens is 1. The van der Waals surface area contributed by atoms with E-state index in [4.69, 9.17) is 13.3 Å². The molecule has 0 bridgehead atoms. The van der Waals surface area contributed by atoms with Gasteiger partial charge in [-0.05, 0) is 44.4 Å². The summed E-state index contributed by atoms with van der Waals surface area (Å²) in [5, 5.41) is 2.43. The second-order valence-corrected chi connectivity index (χ2v) is 12.5. The van der Waals surface area contributed by atoms with Crippen molar-refractivity contribution >= 4 is 8.80 Å². The second kappa shape index (κ2) is 25.7. The molecule has 32 heavy (non-hydrogen) atoms. The Kier molecular flexibility index (Phi) is 27.5. The van der Waals surface area contributed by atoms with Gasteiger partial charge in [0.2, 0.25) is 0 Å². The van der Waals surface area contributed by atoms with E-state index < -0.39 is 8.80 Å². The summed E-state index contributed by atoms with van der Waals surface area (Å²) in [5.74, 6) is 0.874. The average Bonchev–Trinajstić information content (AvgIpc) is 2.77. The number of halogens is 1. The van der Waals surface area contributed by atoms with Gasteiger partial charge in [-0.1, -0.05) is 77.4 Å². The highest BCUT2D eigenvalue weighted by Gasteiger charge is 2.37. The van der Waals surface area contributed by atoms with Gasteiger partial charge in [-0.25, -0.2) is 0 Å². The molecule has 0 heterocycles. The molecule has 0 unspecified atom stereocenters. The Balaban J connectivity index is 0. The highest BCUT2D eigenvalue weighted by molar-refractivity contribution is 6.60. The lowest BCUT2D eigenvalue weighted by molar-refractivity contribution is -0.655. The minimum Gasteiger partial charge on any atom is -1.00 e. The van der Waals surface area contributed by atoms with Crippen molar-refractivity contribution in [1.29, 1.82) is 0 Å². The molecule has 4 nitrogen and oxygen atoms in total. The molecule has 0 atom stereocenters. The molecular weight excluding hydrogens is 438 g/mol. The normalized spacial score (nSPS) is 12.1. The Morgan fingerprint density at radius 3 is 1.56 bits per heavy atom. The van der Waals surface area contributed by atoms with E-state index in [1.807, 2.05) is 0 Å². The lowest BCUT2D eigenvalue weighted by atomic mass is 10.0. The summed E-state index contributed by atoms with van der Waals surface area (Å²) in [6, 6.07) is 0.903. The van der Waals surface area contributed by atoms with Crippen LogP contribution in [-0.4, -0.2) is 43.2 Å². The Morgan fingerprint density at radius 2 is 1.06 bits per heavy atom. The molecule has 0 fully saturated rings. The quantitative estimate of drug-likeness (QED) is 0.127. The SMILES string of the molecule is CO[Si](CCC[NH2+]CCCCCCCC/C=C\CCCCCCCC(C)C)(OC)OC.[Cl-]. The van der Waals surface area contributed by atoms with Gasteiger partial charge >= 0.3 is 8.80 Å². The molecular formula is C26H56ClNO3Si. The highest BCUT2D eigenvalue weighted by Crippen LogP contribution is 2.14. The monoisotopic (exact) mass is 493 g/mol. The van der Waals surface area contributed by atoms with Crippen LogP contribution in [0.4, 0.5) is 0 Å². The van der Waals surface area contributed by atoms with E-state index in [2.05, 4.69) is 31.3 Å². The van der Waals surface area contributed by atoms with E-state index in [0.29, 0.717) is 0 Å². The fourth-order valence-corrected chi connectivity index (χ4v) is 5.75. The van der Waals surface area contributed by atoms with Crippen LogP contribution in [-0.2, 0) is 13.3 Å². The Bertz CT molecular complexity index is 385. The lowest BCUT2D eigenvalue weighted by Gasteiger charge is -2.23. The predicted octanol–water partition coefficient (Wildman–Crippen LogP) is 3.50. The average molecular weight is 494 g/mol.